The molecule has 1 aromatic carbocycles. The lowest BCUT2D eigenvalue weighted by Crippen LogP contribution is -2.02. The second kappa shape index (κ2) is 4.97. The minimum Gasteiger partial charge on any atom is -0.388 e. The first-order valence-electron chi connectivity index (χ1n) is 4.36. The largest absolute Gasteiger partial charge is 0.388 e. The Morgan fingerprint density at radius 2 is 2.15 bits per heavy atom. The fraction of sp³-hybridized carbons (Fsp3) is 0.400. The molecule has 0 bridgehead atoms. The SMILES string of the molecule is CNc1ccc(NCCCl)cc1C. The zero-order chi connectivity index (χ0) is 9.68. The number of alkyl halides is 1. The highest BCUT2D eigenvalue weighted by molar-refractivity contribution is 6.18. The fourth-order valence-electron chi connectivity index (χ4n) is 1.25. The second-order valence-corrected chi connectivity index (χ2v) is 3.27. The molecule has 0 fully saturated rings. The summed E-state index contributed by atoms with van der Waals surface area (Å²) >= 11 is 5.57. The molecule has 13 heavy (non-hydrogen) atoms. The fourth-order valence-corrected chi connectivity index (χ4v) is 1.34. The Hall–Kier alpha value is -0.890. The highest BCUT2D eigenvalue weighted by atomic mass is 35.5. The van der Waals surface area contributed by atoms with E-state index in [1.165, 1.54) is 5.56 Å². The van der Waals surface area contributed by atoms with Crippen molar-refractivity contribution in [3.05, 3.63) is 23.8 Å². The quantitative estimate of drug-likeness (QED) is 0.727. The molecule has 0 saturated heterocycles. The van der Waals surface area contributed by atoms with Gasteiger partial charge in [-0.2, -0.15) is 0 Å². The Balaban J connectivity index is 2.71. The van der Waals surface area contributed by atoms with Crippen molar-refractivity contribution in [1.82, 2.24) is 0 Å². The monoisotopic (exact) mass is 198 g/mol. The van der Waals surface area contributed by atoms with Crippen LogP contribution in [0, 0.1) is 6.92 Å². The summed E-state index contributed by atoms with van der Waals surface area (Å²) in [5.41, 5.74) is 3.52. The van der Waals surface area contributed by atoms with Crippen LogP contribution in [0.5, 0.6) is 0 Å². The van der Waals surface area contributed by atoms with Gasteiger partial charge in [0.2, 0.25) is 0 Å². The molecule has 0 amide bonds. The molecule has 0 radical (unpaired) electrons. The average molecular weight is 199 g/mol. The minimum atomic E-state index is 0.632. The number of anilines is 2. The van der Waals surface area contributed by atoms with Gasteiger partial charge in [-0.05, 0) is 30.7 Å². The number of rotatable bonds is 4. The molecular formula is C10H15ClN2. The van der Waals surface area contributed by atoms with Crippen molar-refractivity contribution in [2.45, 2.75) is 6.92 Å². The third-order valence-electron chi connectivity index (χ3n) is 1.92. The average Bonchev–Trinajstić information content (AvgIpc) is 2.15. The molecule has 0 unspecified atom stereocenters. The normalized spacial score (nSPS) is 9.77. The topological polar surface area (TPSA) is 24.1 Å². The van der Waals surface area contributed by atoms with Crippen LogP contribution in [0.4, 0.5) is 11.4 Å². The highest BCUT2D eigenvalue weighted by Crippen LogP contribution is 2.18. The number of benzene rings is 1. The standard InChI is InChI=1S/C10H15ClN2/c1-8-7-9(13-6-5-11)3-4-10(8)12-2/h3-4,7,12-13H,5-6H2,1-2H3. The number of hydrogen-bond donors (Lipinski definition) is 2. The van der Waals surface area contributed by atoms with Gasteiger partial charge in [0.05, 0.1) is 0 Å². The maximum Gasteiger partial charge on any atom is 0.0396 e. The zero-order valence-electron chi connectivity index (χ0n) is 8.02. The van der Waals surface area contributed by atoms with Gasteiger partial charge in [0, 0.05) is 30.8 Å². The molecule has 3 heteroatoms. The number of halogens is 1. The van der Waals surface area contributed by atoms with Crippen LogP contribution in [0.1, 0.15) is 5.56 Å². The van der Waals surface area contributed by atoms with E-state index in [9.17, 15) is 0 Å². The summed E-state index contributed by atoms with van der Waals surface area (Å²) in [5.74, 6) is 0.632. The first kappa shape index (κ1) is 10.2. The summed E-state index contributed by atoms with van der Waals surface area (Å²) in [5, 5.41) is 6.35. The predicted octanol–water partition coefficient (Wildman–Crippen LogP) is 2.69. The van der Waals surface area contributed by atoms with Crippen LogP contribution in [-0.2, 0) is 0 Å². The molecule has 1 aromatic rings. The summed E-state index contributed by atoms with van der Waals surface area (Å²) in [7, 11) is 1.92. The molecule has 72 valence electrons. The van der Waals surface area contributed by atoms with E-state index in [0.29, 0.717) is 5.88 Å². The molecule has 2 N–H and O–H groups in total. The third kappa shape index (κ3) is 2.81. The van der Waals surface area contributed by atoms with Gasteiger partial charge in [0.25, 0.3) is 0 Å². The van der Waals surface area contributed by atoms with E-state index in [1.807, 2.05) is 13.1 Å². The van der Waals surface area contributed by atoms with Crippen molar-refractivity contribution < 1.29 is 0 Å². The second-order valence-electron chi connectivity index (χ2n) is 2.90. The van der Waals surface area contributed by atoms with Crippen LogP contribution in [0.3, 0.4) is 0 Å². The van der Waals surface area contributed by atoms with E-state index in [4.69, 9.17) is 11.6 Å². The van der Waals surface area contributed by atoms with Gasteiger partial charge in [0.15, 0.2) is 0 Å². The number of hydrogen-bond acceptors (Lipinski definition) is 2. The summed E-state index contributed by atoms with van der Waals surface area (Å²) in [6, 6.07) is 6.22. The van der Waals surface area contributed by atoms with Crippen LogP contribution >= 0.6 is 11.6 Å². The highest BCUT2D eigenvalue weighted by Gasteiger charge is 1.96. The van der Waals surface area contributed by atoms with E-state index in [2.05, 4.69) is 29.7 Å². The van der Waals surface area contributed by atoms with Crippen molar-refractivity contribution in [2.24, 2.45) is 0 Å². The molecule has 0 aliphatic carbocycles. The Labute approximate surface area is 84.3 Å². The molecule has 0 spiro atoms. The first-order chi connectivity index (χ1) is 6.27. The van der Waals surface area contributed by atoms with Gasteiger partial charge >= 0.3 is 0 Å². The molecule has 2 nitrogen and oxygen atoms in total. The summed E-state index contributed by atoms with van der Waals surface area (Å²) in [6.45, 7) is 2.89. The maximum absolute atomic E-state index is 5.57. The van der Waals surface area contributed by atoms with Crippen molar-refractivity contribution in [2.75, 3.05) is 30.1 Å². The number of aryl methyl sites for hydroxylation is 1. The molecule has 0 heterocycles. The lowest BCUT2D eigenvalue weighted by molar-refractivity contribution is 1.22. The Morgan fingerprint density at radius 1 is 1.38 bits per heavy atom. The van der Waals surface area contributed by atoms with Crippen LogP contribution in [0.25, 0.3) is 0 Å². The van der Waals surface area contributed by atoms with Gasteiger partial charge in [0.1, 0.15) is 0 Å². The van der Waals surface area contributed by atoms with Crippen molar-refractivity contribution in [3.63, 3.8) is 0 Å². The Bertz CT molecular complexity index is 274. The summed E-state index contributed by atoms with van der Waals surface area (Å²) in [4.78, 5) is 0. The van der Waals surface area contributed by atoms with Crippen molar-refractivity contribution in [3.8, 4) is 0 Å². The van der Waals surface area contributed by atoms with Crippen LogP contribution in [-0.4, -0.2) is 19.5 Å². The molecule has 0 atom stereocenters. The minimum absolute atomic E-state index is 0.632. The molecule has 0 aromatic heterocycles. The molecule has 0 aliphatic rings. The van der Waals surface area contributed by atoms with Gasteiger partial charge < -0.3 is 10.6 Å². The van der Waals surface area contributed by atoms with Gasteiger partial charge in [-0.25, -0.2) is 0 Å². The lowest BCUT2D eigenvalue weighted by Gasteiger charge is -2.08. The molecule has 1 rings (SSSR count). The zero-order valence-corrected chi connectivity index (χ0v) is 8.78. The van der Waals surface area contributed by atoms with Crippen molar-refractivity contribution in [1.29, 1.82) is 0 Å². The van der Waals surface area contributed by atoms with Crippen LogP contribution < -0.4 is 10.6 Å². The summed E-state index contributed by atoms with van der Waals surface area (Å²) < 4.78 is 0. The Morgan fingerprint density at radius 3 is 2.69 bits per heavy atom. The van der Waals surface area contributed by atoms with Crippen molar-refractivity contribution >= 4 is 23.0 Å². The maximum atomic E-state index is 5.57. The smallest absolute Gasteiger partial charge is 0.0396 e. The van der Waals surface area contributed by atoms with Crippen LogP contribution in [0.2, 0.25) is 0 Å². The van der Waals surface area contributed by atoms with Crippen LogP contribution in [0.15, 0.2) is 18.2 Å². The van der Waals surface area contributed by atoms with E-state index >= 15 is 0 Å². The molecule has 0 aliphatic heterocycles. The predicted molar refractivity (Wildman–Crippen MR) is 59.9 cm³/mol. The third-order valence-corrected chi connectivity index (χ3v) is 2.11. The lowest BCUT2D eigenvalue weighted by atomic mass is 10.2. The van der Waals surface area contributed by atoms with Gasteiger partial charge in [-0.1, -0.05) is 0 Å². The van der Waals surface area contributed by atoms with Gasteiger partial charge in [-0.3, -0.25) is 0 Å². The van der Waals surface area contributed by atoms with E-state index in [-0.39, 0.29) is 0 Å². The van der Waals surface area contributed by atoms with E-state index in [0.717, 1.165) is 17.9 Å². The van der Waals surface area contributed by atoms with Gasteiger partial charge in [-0.15, -0.1) is 11.6 Å². The van der Waals surface area contributed by atoms with E-state index in [1.54, 1.807) is 0 Å². The number of nitrogens with one attached hydrogen (secondary N) is 2. The Kier molecular flexibility index (Phi) is 3.90. The molecular weight excluding hydrogens is 184 g/mol. The summed E-state index contributed by atoms with van der Waals surface area (Å²) in [6.07, 6.45) is 0. The van der Waals surface area contributed by atoms with E-state index < -0.39 is 0 Å². The molecule has 0 saturated carbocycles. The first-order valence-corrected chi connectivity index (χ1v) is 4.89.